The zero-order valence-electron chi connectivity index (χ0n) is 15.3. The third kappa shape index (κ3) is 4.68. The molecule has 0 amide bonds. The van der Waals surface area contributed by atoms with Crippen molar-refractivity contribution >= 4 is 5.96 Å². The molecule has 0 aliphatic rings. The second-order valence-electron chi connectivity index (χ2n) is 5.68. The number of nitrogens with zero attached hydrogens (tertiary/aromatic N) is 4. The Morgan fingerprint density at radius 3 is 2.72 bits per heavy atom. The lowest BCUT2D eigenvalue weighted by Gasteiger charge is -2.18. The Labute approximate surface area is 147 Å². The highest BCUT2D eigenvalue weighted by Gasteiger charge is 2.12. The van der Waals surface area contributed by atoms with Crippen LogP contribution in [0.4, 0.5) is 4.39 Å². The molecule has 0 saturated heterocycles. The average Bonchev–Trinajstić information content (AvgIpc) is 2.91. The molecule has 2 rings (SSSR count). The molecule has 1 aromatic heterocycles. The lowest BCUT2D eigenvalue weighted by atomic mass is 10.1. The van der Waals surface area contributed by atoms with Crippen LogP contribution >= 0.6 is 0 Å². The van der Waals surface area contributed by atoms with E-state index in [4.69, 9.17) is 4.74 Å². The molecule has 2 aromatic rings. The number of aromatic nitrogens is 3. The fourth-order valence-corrected chi connectivity index (χ4v) is 2.30. The number of ether oxygens (including phenoxy) is 1. The van der Waals surface area contributed by atoms with Crippen molar-refractivity contribution in [1.29, 1.82) is 0 Å². The van der Waals surface area contributed by atoms with E-state index in [9.17, 15) is 4.39 Å². The van der Waals surface area contributed by atoms with E-state index >= 15 is 0 Å². The van der Waals surface area contributed by atoms with Crippen LogP contribution in [0.15, 0.2) is 23.2 Å². The quantitative estimate of drug-likeness (QED) is 0.617. The number of aliphatic imine (C=N–C) groups is 1. The molecule has 1 unspecified atom stereocenters. The highest BCUT2D eigenvalue weighted by atomic mass is 19.1. The van der Waals surface area contributed by atoms with Gasteiger partial charge in [-0.2, -0.15) is 0 Å². The standard InChI is InChI=1S/C17H25FN6O/c1-6-19-17(20-10-16-23-22-12(3)24(16)4)21-11(2)13-7-8-15(25-5)14(18)9-13/h7-9,11H,6,10H2,1-5H3,(H2,19,20,21). The van der Waals surface area contributed by atoms with Gasteiger partial charge in [0.15, 0.2) is 23.4 Å². The van der Waals surface area contributed by atoms with Gasteiger partial charge in [-0.1, -0.05) is 6.07 Å². The van der Waals surface area contributed by atoms with E-state index in [1.165, 1.54) is 13.2 Å². The van der Waals surface area contributed by atoms with Gasteiger partial charge in [-0.15, -0.1) is 10.2 Å². The summed E-state index contributed by atoms with van der Waals surface area (Å²) in [5, 5.41) is 14.6. The summed E-state index contributed by atoms with van der Waals surface area (Å²) in [5.74, 6) is 2.09. The summed E-state index contributed by atoms with van der Waals surface area (Å²) in [7, 11) is 3.35. The summed E-state index contributed by atoms with van der Waals surface area (Å²) in [6.07, 6.45) is 0. The normalized spacial score (nSPS) is 12.8. The Morgan fingerprint density at radius 2 is 2.16 bits per heavy atom. The molecule has 0 fully saturated rings. The van der Waals surface area contributed by atoms with Gasteiger partial charge in [0.2, 0.25) is 0 Å². The summed E-state index contributed by atoms with van der Waals surface area (Å²) in [5.41, 5.74) is 0.804. The molecule has 0 aliphatic carbocycles. The maximum Gasteiger partial charge on any atom is 0.192 e. The smallest absolute Gasteiger partial charge is 0.192 e. The van der Waals surface area contributed by atoms with Crippen LogP contribution in [0.1, 0.15) is 37.1 Å². The van der Waals surface area contributed by atoms with Crippen LogP contribution in [0.2, 0.25) is 0 Å². The SMILES string of the molecule is CCNC(=NCc1nnc(C)n1C)NC(C)c1ccc(OC)c(F)c1. The predicted octanol–water partition coefficient (Wildman–Crippen LogP) is 2.09. The van der Waals surface area contributed by atoms with Crippen LogP contribution in [0, 0.1) is 12.7 Å². The van der Waals surface area contributed by atoms with Crippen LogP contribution in [0.5, 0.6) is 5.75 Å². The Balaban J connectivity index is 2.10. The number of nitrogens with one attached hydrogen (secondary N) is 2. The van der Waals surface area contributed by atoms with Gasteiger partial charge in [0.1, 0.15) is 12.4 Å². The topological polar surface area (TPSA) is 76.4 Å². The minimum absolute atomic E-state index is 0.126. The first kappa shape index (κ1) is 18.7. The molecule has 0 spiro atoms. The van der Waals surface area contributed by atoms with Gasteiger partial charge in [-0.25, -0.2) is 9.38 Å². The Bertz CT molecular complexity index is 743. The van der Waals surface area contributed by atoms with Crippen molar-refractivity contribution in [2.45, 2.75) is 33.4 Å². The molecule has 1 heterocycles. The van der Waals surface area contributed by atoms with Gasteiger partial charge in [0.25, 0.3) is 0 Å². The van der Waals surface area contributed by atoms with Gasteiger partial charge in [0, 0.05) is 13.6 Å². The first-order valence-electron chi connectivity index (χ1n) is 8.19. The van der Waals surface area contributed by atoms with Crippen LogP contribution in [-0.4, -0.2) is 34.4 Å². The molecule has 0 saturated carbocycles. The molecule has 8 heteroatoms. The Hall–Kier alpha value is -2.64. The van der Waals surface area contributed by atoms with Crippen molar-refractivity contribution in [3.8, 4) is 5.75 Å². The molecule has 2 N–H and O–H groups in total. The molecule has 0 bridgehead atoms. The fourth-order valence-electron chi connectivity index (χ4n) is 2.30. The molecule has 0 aliphatic heterocycles. The number of halogens is 1. The van der Waals surface area contributed by atoms with Crippen molar-refractivity contribution in [3.05, 3.63) is 41.2 Å². The van der Waals surface area contributed by atoms with Gasteiger partial charge in [-0.3, -0.25) is 0 Å². The average molecular weight is 348 g/mol. The van der Waals surface area contributed by atoms with Crippen molar-refractivity contribution < 1.29 is 9.13 Å². The molecule has 7 nitrogen and oxygen atoms in total. The second-order valence-corrected chi connectivity index (χ2v) is 5.68. The molecule has 0 radical (unpaired) electrons. The maximum absolute atomic E-state index is 13.9. The maximum atomic E-state index is 13.9. The summed E-state index contributed by atoms with van der Waals surface area (Å²) in [6.45, 7) is 6.94. The Kier molecular flexibility index (Phi) is 6.32. The summed E-state index contributed by atoms with van der Waals surface area (Å²) in [4.78, 5) is 4.53. The first-order valence-corrected chi connectivity index (χ1v) is 8.19. The van der Waals surface area contributed by atoms with E-state index in [0.29, 0.717) is 19.0 Å². The molecular formula is C17H25FN6O. The van der Waals surface area contributed by atoms with Gasteiger partial charge in [0.05, 0.1) is 13.2 Å². The minimum Gasteiger partial charge on any atom is -0.494 e. The number of benzene rings is 1. The highest BCUT2D eigenvalue weighted by Crippen LogP contribution is 2.21. The van der Waals surface area contributed by atoms with Gasteiger partial charge in [-0.05, 0) is 38.5 Å². The molecule has 136 valence electrons. The van der Waals surface area contributed by atoms with E-state index in [2.05, 4.69) is 25.8 Å². The zero-order chi connectivity index (χ0) is 18.4. The lowest BCUT2D eigenvalue weighted by Crippen LogP contribution is -2.38. The highest BCUT2D eigenvalue weighted by molar-refractivity contribution is 5.80. The summed E-state index contributed by atoms with van der Waals surface area (Å²) < 4.78 is 20.7. The van der Waals surface area contributed by atoms with Crippen LogP contribution in [0.3, 0.4) is 0 Å². The van der Waals surface area contributed by atoms with Crippen molar-refractivity contribution in [1.82, 2.24) is 25.4 Å². The minimum atomic E-state index is -0.384. The van der Waals surface area contributed by atoms with Gasteiger partial charge >= 0.3 is 0 Å². The second kappa shape index (κ2) is 8.46. The van der Waals surface area contributed by atoms with Crippen molar-refractivity contribution in [2.24, 2.45) is 12.0 Å². The van der Waals surface area contributed by atoms with Crippen LogP contribution in [0.25, 0.3) is 0 Å². The molecular weight excluding hydrogens is 323 g/mol. The number of methoxy groups -OCH3 is 1. The number of guanidine groups is 1. The predicted molar refractivity (Wildman–Crippen MR) is 95.1 cm³/mol. The van der Waals surface area contributed by atoms with E-state index in [1.807, 2.05) is 38.5 Å². The molecule has 1 aromatic carbocycles. The van der Waals surface area contributed by atoms with Crippen LogP contribution < -0.4 is 15.4 Å². The van der Waals surface area contributed by atoms with Crippen molar-refractivity contribution in [3.63, 3.8) is 0 Å². The van der Waals surface area contributed by atoms with Crippen LogP contribution in [-0.2, 0) is 13.6 Å². The monoisotopic (exact) mass is 348 g/mol. The van der Waals surface area contributed by atoms with E-state index in [1.54, 1.807) is 6.07 Å². The third-order valence-corrected chi connectivity index (χ3v) is 3.93. The number of rotatable bonds is 6. The Morgan fingerprint density at radius 1 is 1.40 bits per heavy atom. The van der Waals surface area contributed by atoms with E-state index < -0.39 is 0 Å². The largest absolute Gasteiger partial charge is 0.494 e. The van der Waals surface area contributed by atoms with Crippen molar-refractivity contribution in [2.75, 3.05) is 13.7 Å². The fraction of sp³-hybridized carbons (Fsp3) is 0.471. The first-order chi connectivity index (χ1) is 12.0. The summed E-state index contributed by atoms with van der Waals surface area (Å²) in [6, 6.07) is 4.79. The van der Waals surface area contributed by atoms with E-state index in [-0.39, 0.29) is 17.6 Å². The number of aryl methyl sites for hydroxylation is 1. The number of hydrogen-bond acceptors (Lipinski definition) is 4. The number of hydrogen-bond donors (Lipinski definition) is 2. The molecule has 1 atom stereocenters. The lowest BCUT2D eigenvalue weighted by molar-refractivity contribution is 0.386. The van der Waals surface area contributed by atoms with E-state index in [0.717, 1.165) is 17.2 Å². The molecule has 25 heavy (non-hydrogen) atoms. The zero-order valence-corrected chi connectivity index (χ0v) is 15.3. The van der Waals surface area contributed by atoms with Gasteiger partial charge < -0.3 is 19.9 Å². The summed E-state index contributed by atoms with van der Waals surface area (Å²) >= 11 is 0. The third-order valence-electron chi connectivity index (χ3n) is 3.93.